The van der Waals surface area contributed by atoms with E-state index in [-0.39, 0.29) is 0 Å². The maximum absolute atomic E-state index is 6.02. The Hall–Kier alpha value is -1.06. The Morgan fingerprint density at radius 2 is 2.16 bits per heavy atom. The van der Waals surface area contributed by atoms with Gasteiger partial charge in [0.25, 0.3) is 0 Å². The van der Waals surface area contributed by atoms with Crippen LogP contribution in [0, 0.1) is 11.8 Å². The average molecular weight is 262 g/mol. The Labute approximate surface area is 116 Å². The molecular weight excluding hydrogens is 236 g/mol. The third-order valence-corrected chi connectivity index (χ3v) is 4.51. The van der Waals surface area contributed by atoms with Crippen LogP contribution < -0.4 is 10.5 Å². The molecule has 0 aromatic heterocycles. The van der Waals surface area contributed by atoms with Gasteiger partial charge in [-0.25, -0.2) is 0 Å². The van der Waals surface area contributed by atoms with Crippen LogP contribution in [0.2, 0.25) is 0 Å². The lowest BCUT2D eigenvalue weighted by atomic mass is 9.87. The fraction of sp³-hybridized carbons (Fsp3) is 0.625. The fourth-order valence-corrected chi connectivity index (χ4v) is 2.92. The van der Waals surface area contributed by atoms with Gasteiger partial charge in [0.05, 0.1) is 7.11 Å². The fourth-order valence-electron chi connectivity index (χ4n) is 2.92. The van der Waals surface area contributed by atoms with Crippen LogP contribution in [0.15, 0.2) is 24.3 Å². The Kier molecular flexibility index (Phi) is 4.83. The number of likely N-dealkylation sites (tertiary alicyclic amines) is 1. The average Bonchev–Trinajstić information content (AvgIpc) is 2.44. The standard InChI is InChI=1S/C16H26N2O/c1-12-7-8-18(11-13(12)2)16(10-17)14-5-4-6-15(9-14)19-3/h4-6,9,12-13,16H,7-8,10-11,17H2,1-3H3. The molecule has 3 heteroatoms. The maximum Gasteiger partial charge on any atom is 0.119 e. The van der Waals surface area contributed by atoms with Crippen molar-refractivity contribution in [2.75, 3.05) is 26.7 Å². The summed E-state index contributed by atoms with van der Waals surface area (Å²) in [4.78, 5) is 2.53. The largest absolute Gasteiger partial charge is 0.497 e. The summed E-state index contributed by atoms with van der Waals surface area (Å²) in [5.74, 6) is 2.47. The topological polar surface area (TPSA) is 38.5 Å². The molecule has 0 saturated carbocycles. The minimum Gasteiger partial charge on any atom is -0.497 e. The maximum atomic E-state index is 6.02. The second-order valence-electron chi connectivity index (χ2n) is 5.77. The van der Waals surface area contributed by atoms with Crippen LogP contribution in [-0.4, -0.2) is 31.6 Å². The summed E-state index contributed by atoms with van der Waals surface area (Å²) in [7, 11) is 1.71. The van der Waals surface area contributed by atoms with Gasteiger partial charge in [-0.15, -0.1) is 0 Å². The summed E-state index contributed by atoms with van der Waals surface area (Å²) in [6.45, 7) is 7.64. The molecule has 0 bridgehead atoms. The lowest BCUT2D eigenvalue weighted by molar-refractivity contribution is 0.0982. The van der Waals surface area contributed by atoms with Gasteiger partial charge in [0, 0.05) is 19.1 Å². The zero-order chi connectivity index (χ0) is 13.8. The number of hydrogen-bond acceptors (Lipinski definition) is 3. The van der Waals surface area contributed by atoms with Crippen LogP contribution in [0.3, 0.4) is 0 Å². The first-order valence-corrected chi connectivity index (χ1v) is 7.23. The molecule has 0 radical (unpaired) electrons. The predicted octanol–water partition coefficient (Wildman–Crippen LogP) is 2.67. The molecule has 1 aromatic carbocycles. The van der Waals surface area contributed by atoms with E-state index in [1.165, 1.54) is 12.0 Å². The minimum atomic E-state index is 0.310. The third kappa shape index (κ3) is 3.28. The monoisotopic (exact) mass is 262 g/mol. The van der Waals surface area contributed by atoms with Crippen LogP contribution in [-0.2, 0) is 0 Å². The molecule has 0 aliphatic carbocycles. The predicted molar refractivity (Wildman–Crippen MR) is 79.3 cm³/mol. The van der Waals surface area contributed by atoms with Crippen molar-refractivity contribution in [3.63, 3.8) is 0 Å². The van der Waals surface area contributed by atoms with Gasteiger partial charge in [-0.2, -0.15) is 0 Å². The van der Waals surface area contributed by atoms with Crippen molar-refractivity contribution in [2.24, 2.45) is 17.6 Å². The number of hydrogen-bond donors (Lipinski definition) is 1. The molecule has 1 heterocycles. The smallest absolute Gasteiger partial charge is 0.119 e. The summed E-state index contributed by atoms with van der Waals surface area (Å²) in [5, 5.41) is 0. The first-order chi connectivity index (χ1) is 9.15. The molecule has 1 fully saturated rings. The molecule has 0 spiro atoms. The Balaban J connectivity index is 2.15. The number of rotatable bonds is 4. The summed E-state index contributed by atoms with van der Waals surface area (Å²) < 4.78 is 5.32. The molecular formula is C16H26N2O. The highest BCUT2D eigenvalue weighted by Crippen LogP contribution is 2.30. The van der Waals surface area contributed by atoms with E-state index in [2.05, 4.69) is 30.9 Å². The van der Waals surface area contributed by atoms with Crippen LogP contribution in [0.1, 0.15) is 31.9 Å². The van der Waals surface area contributed by atoms with Crippen LogP contribution in [0.25, 0.3) is 0 Å². The van der Waals surface area contributed by atoms with E-state index in [1.54, 1.807) is 7.11 Å². The summed E-state index contributed by atoms with van der Waals surface area (Å²) in [5.41, 5.74) is 7.29. The number of piperidine rings is 1. The van der Waals surface area contributed by atoms with Gasteiger partial charge in [0.1, 0.15) is 5.75 Å². The molecule has 3 atom stereocenters. The molecule has 1 aliphatic heterocycles. The minimum absolute atomic E-state index is 0.310. The third-order valence-electron chi connectivity index (χ3n) is 4.51. The molecule has 106 valence electrons. The Morgan fingerprint density at radius 1 is 1.37 bits per heavy atom. The highest BCUT2D eigenvalue weighted by Gasteiger charge is 2.27. The second kappa shape index (κ2) is 6.40. The normalized spacial score (nSPS) is 26.1. The van der Waals surface area contributed by atoms with Crippen molar-refractivity contribution in [1.82, 2.24) is 4.90 Å². The number of ether oxygens (including phenoxy) is 1. The number of nitrogens with two attached hydrogens (primary N) is 1. The van der Waals surface area contributed by atoms with Crippen LogP contribution in [0.5, 0.6) is 5.75 Å². The van der Waals surface area contributed by atoms with E-state index in [0.29, 0.717) is 12.6 Å². The first-order valence-electron chi connectivity index (χ1n) is 7.23. The Morgan fingerprint density at radius 3 is 2.79 bits per heavy atom. The summed E-state index contributed by atoms with van der Waals surface area (Å²) in [6.07, 6.45) is 1.27. The van der Waals surface area contributed by atoms with Gasteiger partial charge in [-0.1, -0.05) is 26.0 Å². The SMILES string of the molecule is COc1cccc(C(CN)N2CCC(C)C(C)C2)c1. The van der Waals surface area contributed by atoms with Gasteiger partial charge in [-0.3, -0.25) is 4.90 Å². The van der Waals surface area contributed by atoms with E-state index in [4.69, 9.17) is 10.5 Å². The lowest BCUT2D eigenvalue weighted by Crippen LogP contribution is -2.43. The molecule has 1 aromatic rings. The zero-order valence-corrected chi connectivity index (χ0v) is 12.3. The van der Waals surface area contributed by atoms with Crippen molar-refractivity contribution in [2.45, 2.75) is 26.3 Å². The van der Waals surface area contributed by atoms with Gasteiger partial charge < -0.3 is 10.5 Å². The van der Waals surface area contributed by atoms with Crippen molar-refractivity contribution in [1.29, 1.82) is 0 Å². The van der Waals surface area contributed by atoms with Crippen molar-refractivity contribution < 1.29 is 4.74 Å². The first kappa shape index (κ1) is 14.4. The molecule has 1 aliphatic rings. The van der Waals surface area contributed by atoms with Crippen molar-refractivity contribution >= 4 is 0 Å². The number of methoxy groups -OCH3 is 1. The molecule has 2 N–H and O–H groups in total. The van der Waals surface area contributed by atoms with E-state index in [0.717, 1.165) is 30.7 Å². The zero-order valence-electron chi connectivity index (χ0n) is 12.3. The number of nitrogens with zero attached hydrogens (tertiary/aromatic N) is 1. The van der Waals surface area contributed by atoms with E-state index in [1.807, 2.05) is 12.1 Å². The van der Waals surface area contributed by atoms with Crippen molar-refractivity contribution in [3.8, 4) is 5.75 Å². The Bertz CT molecular complexity index is 407. The molecule has 0 amide bonds. The molecule has 3 unspecified atom stereocenters. The quantitative estimate of drug-likeness (QED) is 0.906. The molecule has 1 saturated heterocycles. The van der Waals surface area contributed by atoms with Gasteiger partial charge in [-0.05, 0) is 42.5 Å². The highest BCUT2D eigenvalue weighted by molar-refractivity contribution is 5.30. The van der Waals surface area contributed by atoms with Gasteiger partial charge >= 0.3 is 0 Å². The van der Waals surface area contributed by atoms with Crippen LogP contribution in [0.4, 0.5) is 0 Å². The van der Waals surface area contributed by atoms with Gasteiger partial charge in [0.15, 0.2) is 0 Å². The summed E-state index contributed by atoms with van der Waals surface area (Å²) in [6, 6.07) is 8.61. The molecule has 3 nitrogen and oxygen atoms in total. The van der Waals surface area contributed by atoms with Crippen molar-refractivity contribution in [3.05, 3.63) is 29.8 Å². The summed E-state index contributed by atoms with van der Waals surface area (Å²) >= 11 is 0. The molecule has 2 rings (SSSR count). The van der Waals surface area contributed by atoms with E-state index < -0.39 is 0 Å². The second-order valence-corrected chi connectivity index (χ2v) is 5.77. The van der Waals surface area contributed by atoms with E-state index >= 15 is 0 Å². The molecule has 19 heavy (non-hydrogen) atoms. The van der Waals surface area contributed by atoms with Gasteiger partial charge in [0.2, 0.25) is 0 Å². The highest BCUT2D eigenvalue weighted by atomic mass is 16.5. The number of benzene rings is 1. The van der Waals surface area contributed by atoms with E-state index in [9.17, 15) is 0 Å². The lowest BCUT2D eigenvalue weighted by Gasteiger charge is -2.40. The van der Waals surface area contributed by atoms with Crippen LogP contribution >= 0.6 is 0 Å².